The standard InChI is InChI=1S/C19H26N2O4/c1-13-4-2-5-14(10-13)11-16(19(24)25)12-21-17(22)6-3-9-20-18(23)15-7-8-15/h2,4-5,10,15-16H,3,6-9,11-12H2,1H3,(H,20,23)(H,21,22)(H,24,25). The van der Waals surface area contributed by atoms with E-state index >= 15 is 0 Å². The third-order valence-corrected chi connectivity index (χ3v) is 4.29. The molecule has 1 aliphatic rings. The molecule has 0 aliphatic heterocycles. The van der Waals surface area contributed by atoms with Gasteiger partial charge in [0, 0.05) is 25.4 Å². The Balaban J connectivity index is 1.67. The number of carboxylic acids is 1. The Morgan fingerprint density at radius 2 is 2.00 bits per heavy atom. The molecule has 1 aromatic rings. The molecular formula is C19H26N2O4. The molecule has 1 saturated carbocycles. The first-order valence-electron chi connectivity index (χ1n) is 8.78. The quantitative estimate of drug-likeness (QED) is 0.562. The van der Waals surface area contributed by atoms with Crippen molar-refractivity contribution in [3.63, 3.8) is 0 Å². The Hall–Kier alpha value is -2.37. The van der Waals surface area contributed by atoms with E-state index in [2.05, 4.69) is 10.6 Å². The van der Waals surface area contributed by atoms with Gasteiger partial charge in [0.15, 0.2) is 0 Å². The Bertz CT molecular complexity index is 626. The second-order valence-electron chi connectivity index (χ2n) is 6.70. The average molecular weight is 346 g/mol. The van der Waals surface area contributed by atoms with Crippen LogP contribution in [0.1, 0.15) is 36.8 Å². The van der Waals surface area contributed by atoms with Crippen molar-refractivity contribution in [1.29, 1.82) is 0 Å². The maximum absolute atomic E-state index is 11.9. The number of nitrogens with one attached hydrogen (secondary N) is 2. The molecule has 3 N–H and O–H groups in total. The third kappa shape index (κ3) is 6.95. The number of benzene rings is 1. The second-order valence-corrected chi connectivity index (χ2v) is 6.70. The van der Waals surface area contributed by atoms with Crippen molar-refractivity contribution < 1.29 is 19.5 Å². The highest BCUT2D eigenvalue weighted by molar-refractivity contribution is 5.81. The molecule has 6 heteroatoms. The molecule has 0 aromatic heterocycles. The van der Waals surface area contributed by atoms with E-state index in [1.165, 1.54) is 0 Å². The van der Waals surface area contributed by atoms with Crippen LogP contribution in [-0.2, 0) is 20.8 Å². The molecule has 0 radical (unpaired) electrons. The van der Waals surface area contributed by atoms with Gasteiger partial charge in [0.25, 0.3) is 0 Å². The predicted octanol–water partition coefficient (Wildman–Crippen LogP) is 1.66. The smallest absolute Gasteiger partial charge is 0.308 e. The van der Waals surface area contributed by atoms with Crippen molar-refractivity contribution in [1.82, 2.24) is 10.6 Å². The summed E-state index contributed by atoms with van der Waals surface area (Å²) >= 11 is 0. The van der Waals surface area contributed by atoms with Crippen LogP contribution < -0.4 is 10.6 Å². The molecule has 0 heterocycles. The molecule has 2 rings (SSSR count). The monoisotopic (exact) mass is 346 g/mol. The lowest BCUT2D eigenvalue weighted by Gasteiger charge is -2.14. The summed E-state index contributed by atoms with van der Waals surface area (Å²) in [6, 6.07) is 7.72. The van der Waals surface area contributed by atoms with Crippen LogP contribution in [0.5, 0.6) is 0 Å². The summed E-state index contributed by atoms with van der Waals surface area (Å²) < 4.78 is 0. The SMILES string of the molecule is Cc1cccc(CC(CNC(=O)CCCNC(=O)C2CC2)C(=O)O)c1. The van der Waals surface area contributed by atoms with Gasteiger partial charge in [-0.1, -0.05) is 29.8 Å². The first-order chi connectivity index (χ1) is 12.0. The van der Waals surface area contributed by atoms with E-state index in [0.717, 1.165) is 24.0 Å². The van der Waals surface area contributed by atoms with E-state index in [1.807, 2.05) is 31.2 Å². The number of carboxylic acid groups (broad SMARTS) is 1. The number of carbonyl (C=O) groups excluding carboxylic acids is 2. The summed E-state index contributed by atoms with van der Waals surface area (Å²) in [5.74, 6) is -1.51. The van der Waals surface area contributed by atoms with Gasteiger partial charge in [-0.2, -0.15) is 0 Å². The highest BCUT2D eigenvalue weighted by atomic mass is 16.4. The zero-order chi connectivity index (χ0) is 18.2. The topological polar surface area (TPSA) is 95.5 Å². The lowest BCUT2D eigenvalue weighted by molar-refractivity contribution is -0.141. The summed E-state index contributed by atoms with van der Waals surface area (Å²) in [7, 11) is 0. The van der Waals surface area contributed by atoms with Gasteiger partial charge < -0.3 is 15.7 Å². The molecule has 1 fully saturated rings. The zero-order valence-corrected chi connectivity index (χ0v) is 14.6. The normalized spacial score (nSPS) is 14.6. The van der Waals surface area contributed by atoms with E-state index < -0.39 is 11.9 Å². The lowest BCUT2D eigenvalue weighted by Crippen LogP contribution is -2.34. The van der Waals surface area contributed by atoms with Gasteiger partial charge in [0.2, 0.25) is 11.8 Å². The van der Waals surface area contributed by atoms with Crippen LogP contribution in [0.15, 0.2) is 24.3 Å². The molecule has 0 saturated heterocycles. The molecule has 25 heavy (non-hydrogen) atoms. The van der Waals surface area contributed by atoms with Crippen molar-refractivity contribution in [2.45, 2.75) is 39.0 Å². The van der Waals surface area contributed by atoms with Crippen LogP contribution in [0, 0.1) is 18.8 Å². The van der Waals surface area contributed by atoms with Crippen molar-refractivity contribution in [2.75, 3.05) is 13.1 Å². The Kier molecular flexibility index (Phi) is 6.98. The van der Waals surface area contributed by atoms with Gasteiger partial charge in [-0.05, 0) is 38.2 Å². The van der Waals surface area contributed by atoms with E-state index in [-0.39, 0.29) is 30.7 Å². The largest absolute Gasteiger partial charge is 0.481 e. The fraction of sp³-hybridized carbons (Fsp3) is 0.526. The van der Waals surface area contributed by atoms with Crippen molar-refractivity contribution in [3.05, 3.63) is 35.4 Å². The van der Waals surface area contributed by atoms with Gasteiger partial charge in [0.05, 0.1) is 5.92 Å². The van der Waals surface area contributed by atoms with E-state index in [1.54, 1.807) is 0 Å². The number of carbonyl (C=O) groups is 3. The fourth-order valence-electron chi connectivity index (χ4n) is 2.65. The van der Waals surface area contributed by atoms with E-state index in [0.29, 0.717) is 19.4 Å². The van der Waals surface area contributed by atoms with Crippen LogP contribution >= 0.6 is 0 Å². The highest BCUT2D eigenvalue weighted by Crippen LogP contribution is 2.28. The van der Waals surface area contributed by atoms with Crippen LogP contribution in [0.25, 0.3) is 0 Å². The number of rotatable bonds is 10. The molecule has 2 amide bonds. The first-order valence-corrected chi connectivity index (χ1v) is 8.78. The van der Waals surface area contributed by atoms with Gasteiger partial charge in [0.1, 0.15) is 0 Å². The van der Waals surface area contributed by atoms with Crippen molar-refractivity contribution in [3.8, 4) is 0 Å². The summed E-state index contributed by atoms with van der Waals surface area (Å²) in [5.41, 5.74) is 2.03. The number of hydrogen-bond donors (Lipinski definition) is 3. The number of aliphatic carboxylic acids is 1. The molecule has 0 spiro atoms. The molecule has 0 bridgehead atoms. The maximum atomic E-state index is 11.9. The summed E-state index contributed by atoms with van der Waals surface area (Å²) in [5, 5.41) is 14.8. The third-order valence-electron chi connectivity index (χ3n) is 4.29. The van der Waals surface area contributed by atoms with Gasteiger partial charge in [-0.3, -0.25) is 14.4 Å². The minimum atomic E-state index is -0.918. The Morgan fingerprint density at radius 1 is 1.24 bits per heavy atom. The number of amides is 2. The van der Waals surface area contributed by atoms with Crippen LogP contribution in [0.2, 0.25) is 0 Å². The van der Waals surface area contributed by atoms with Gasteiger partial charge in [-0.15, -0.1) is 0 Å². The van der Waals surface area contributed by atoms with Crippen molar-refractivity contribution in [2.24, 2.45) is 11.8 Å². The highest BCUT2D eigenvalue weighted by Gasteiger charge is 2.29. The molecule has 1 aliphatic carbocycles. The van der Waals surface area contributed by atoms with Crippen LogP contribution in [0.4, 0.5) is 0 Å². The minimum Gasteiger partial charge on any atom is -0.481 e. The molecule has 1 atom stereocenters. The molecule has 1 aromatic carbocycles. The lowest BCUT2D eigenvalue weighted by atomic mass is 9.98. The summed E-state index contributed by atoms with van der Waals surface area (Å²) in [6.45, 7) is 2.55. The molecule has 1 unspecified atom stereocenters. The number of hydrogen-bond acceptors (Lipinski definition) is 3. The van der Waals surface area contributed by atoms with Crippen molar-refractivity contribution >= 4 is 17.8 Å². The Labute approximate surface area is 148 Å². The van der Waals surface area contributed by atoms with Crippen LogP contribution in [0.3, 0.4) is 0 Å². The zero-order valence-electron chi connectivity index (χ0n) is 14.6. The summed E-state index contributed by atoms with van der Waals surface area (Å²) in [6.07, 6.45) is 3.14. The fourth-order valence-corrected chi connectivity index (χ4v) is 2.65. The Morgan fingerprint density at radius 3 is 2.64 bits per heavy atom. The van der Waals surface area contributed by atoms with Gasteiger partial charge >= 0.3 is 5.97 Å². The van der Waals surface area contributed by atoms with E-state index in [4.69, 9.17) is 0 Å². The maximum Gasteiger partial charge on any atom is 0.308 e. The molecular weight excluding hydrogens is 320 g/mol. The first kappa shape index (κ1) is 19.0. The summed E-state index contributed by atoms with van der Waals surface area (Å²) in [4.78, 5) is 34.7. The minimum absolute atomic E-state index is 0.0736. The second kappa shape index (κ2) is 9.20. The average Bonchev–Trinajstić information content (AvgIpc) is 3.40. The van der Waals surface area contributed by atoms with Crippen LogP contribution in [-0.4, -0.2) is 36.0 Å². The van der Waals surface area contributed by atoms with E-state index in [9.17, 15) is 19.5 Å². The molecule has 136 valence electrons. The predicted molar refractivity (Wildman–Crippen MR) is 94.0 cm³/mol. The van der Waals surface area contributed by atoms with Gasteiger partial charge in [-0.25, -0.2) is 0 Å². The number of aryl methyl sites for hydroxylation is 1. The molecule has 6 nitrogen and oxygen atoms in total.